The van der Waals surface area contributed by atoms with Gasteiger partial charge in [0.1, 0.15) is 0 Å². The molecule has 3 rings (SSSR count). The summed E-state index contributed by atoms with van der Waals surface area (Å²) in [5.41, 5.74) is 10.3. The third-order valence-electron chi connectivity index (χ3n) is 5.76. The molecule has 0 spiro atoms. The van der Waals surface area contributed by atoms with Gasteiger partial charge in [-0.2, -0.15) is 5.26 Å². The van der Waals surface area contributed by atoms with Gasteiger partial charge in [-0.05, 0) is 42.5 Å². The molecule has 0 aromatic heterocycles. The fourth-order valence-electron chi connectivity index (χ4n) is 4.40. The van der Waals surface area contributed by atoms with Crippen molar-refractivity contribution in [3.63, 3.8) is 0 Å². The minimum Gasteiger partial charge on any atom is -0.325 e. The number of hydrogen-bond acceptors (Lipinski definition) is 3. The molecule has 2 N–H and O–H groups in total. The molecule has 1 aromatic carbocycles. The van der Waals surface area contributed by atoms with Gasteiger partial charge in [0.05, 0.1) is 11.6 Å². The van der Waals surface area contributed by atoms with E-state index in [4.69, 9.17) is 11.0 Å². The Labute approximate surface area is 140 Å². The molecule has 124 valence electrons. The zero-order chi connectivity index (χ0) is 16.5. The van der Waals surface area contributed by atoms with Gasteiger partial charge in [-0.1, -0.05) is 39.2 Å². The lowest BCUT2D eigenvalue weighted by Crippen LogP contribution is -2.47. The summed E-state index contributed by atoms with van der Waals surface area (Å²) in [6.45, 7) is 7.70. The molecule has 3 nitrogen and oxygen atoms in total. The maximum Gasteiger partial charge on any atom is 0.0991 e. The fraction of sp³-hybridized carbons (Fsp3) is 0.650. The molecule has 23 heavy (non-hydrogen) atoms. The van der Waals surface area contributed by atoms with Crippen LogP contribution in [0, 0.1) is 11.3 Å². The minimum absolute atomic E-state index is 0.0628. The van der Waals surface area contributed by atoms with Crippen molar-refractivity contribution < 1.29 is 0 Å². The highest BCUT2D eigenvalue weighted by Crippen LogP contribution is 2.35. The SMILES string of the molecule is CC1(C)CN(CCC2(N)CCCCC2)Cc2ccc(C#N)cc21. The second-order valence-corrected chi connectivity index (χ2v) is 8.25. The topological polar surface area (TPSA) is 53.0 Å². The van der Waals surface area contributed by atoms with Crippen molar-refractivity contribution in [2.24, 2.45) is 5.73 Å². The van der Waals surface area contributed by atoms with Crippen LogP contribution in [0.4, 0.5) is 0 Å². The first-order chi connectivity index (χ1) is 10.9. The van der Waals surface area contributed by atoms with Crippen molar-refractivity contribution >= 4 is 0 Å². The van der Waals surface area contributed by atoms with Crippen molar-refractivity contribution in [2.75, 3.05) is 13.1 Å². The van der Waals surface area contributed by atoms with E-state index >= 15 is 0 Å². The molecule has 1 saturated carbocycles. The smallest absolute Gasteiger partial charge is 0.0991 e. The molecule has 0 atom stereocenters. The van der Waals surface area contributed by atoms with Gasteiger partial charge in [-0.15, -0.1) is 0 Å². The second kappa shape index (κ2) is 6.26. The van der Waals surface area contributed by atoms with Crippen LogP contribution >= 0.6 is 0 Å². The summed E-state index contributed by atoms with van der Waals surface area (Å²) < 4.78 is 0. The van der Waals surface area contributed by atoms with Crippen molar-refractivity contribution in [3.8, 4) is 6.07 Å². The second-order valence-electron chi connectivity index (χ2n) is 8.25. The first kappa shape index (κ1) is 16.5. The van der Waals surface area contributed by atoms with Gasteiger partial charge in [-0.25, -0.2) is 0 Å². The summed E-state index contributed by atoms with van der Waals surface area (Å²) in [4.78, 5) is 2.55. The van der Waals surface area contributed by atoms with E-state index in [1.165, 1.54) is 43.2 Å². The summed E-state index contributed by atoms with van der Waals surface area (Å²) in [6, 6.07) is 8.44. The molecular formula is C20H29N3. The van der Waals surface area contributed by atoms with Crippen molar-refractivity contribution in [2.45, 2.75) is 69.9 Å². The van der Waals surface area contributed by atoms with Gasteiger partial charge < -0.3 is 5.73 Å². The minimum atomic E-state index is 0.0628. The van der Waals surface area contributed by atoms with Crippen LogP contribution in [0.1, 0.15) is 69.1 Å². The van der Waals surface area contributed by atoms with E-state index in [0.29, 0.717) is 0 Å². The maximum atomic E-state index is 9.14. The van der Waals surface area contributed by atoms with Gasteiger partial charge >= 0.3 is 0 Å². The average molecular weight is 311 g/mol. The van der Waals surface area contributed by atoms with Gasteiger partial charge in [0.25, 0.3) is 0 Å². The van der Waals surface area contributed by atoms with E-state index in [-0.39, 0.29) is 11.0 Å². The van der Waals surface area contributed by atoms with Crippen LogP contribution < -0.4 is 5.73 Å². The number of rotatable bonds is 3. The van der Waals surface area contributed by atoms with E-state index < -0.39 is 0 Å². The van der Waals surface area contributed by atoms with E-state index in [1.54, 1.807) is 0 Å². The highest BCUT2D eigenvalue weighted by molar-refractivity contribution is 5.43. The third-order valence-corrected chi connectivity index (χ3v) is 5.76. The van der Waals surface area contributed by atoms with E-state index in [1.807, 2.05) is 6.07 Å². The van der Waals surface area contributed by atoms with Crippen molar-refractivity contribution in [1.82, 2.24) is 4.90 Å². The molecule has 0 bridgehead atoms. The quantitative estimate of drug-likeness (QED) is 0.926. The molecule has 2 aliphatic rings. The van der Waals surface area contributed by atoms with Crippen LogP contribution in [-0.2, 0) is 12.0 Å². The van der Waals surface area contributed by atoms with Crippen LogP contribution in [0.2, 0.25) is 0 Å². The predicted octanol–water partition coefficient (Wildman–Crippen LogP) is 3.70. The molecule has 1 aliphatic carbocycles. The summed E-state index contributed by atoms with van der Waals surface area (Å²) >= 11 is 0. The van der Waals surface area contributed by atoms with Crippen LogP contribution in [0.25, 0.3) is 0 Å². The predicted molar refractivity (Wildman–Crippen MR) is 94.1 cm³/mol. The maximum absolute atomic E-state index is 9.14. The zero-order valence-corrected chi connectivity index (χ0v) is 14.6. The highest BCUT2D eigenvalue weighted by Gasteiger charge is 2.33. The largest absolute Gasteiger partial charge is 0.325 e. The Hall–Kier alpha value is -1.37. The Balaban J connectivity index is 1.70. The molecule has 0 saturated heterocycles. The summed E-state index contributed by atoms with van der Waals surface area (Å²) in [7, 11) is 0. The lowest BCUT2D eigenvalue weighted by molar-refractivity contribution is 0.162. The molecule has 0 amide bonds. The Bertz CT molecular complexity index is 606. The van der Waals surface area contributed by atoms with Crippen molar-refractivity contribution in [3.05, 3.63) is 34.9 Å². The number of nitrogens with zero attached hydrogens (tertiary/aromatic N) is 2. The van der Waals surface area contributed by atoms with Crippen LogP contribution in [0.15, 0.2) is 18.2 Å². The standard InChI is InChI=1S/C20H29N3/c1-19(2)15-23(11-10-20(22)8-4-3-5-9-20)14-17-7-6-16(13-21)12-18(17)19/h6-7,12H,3-5,8-11,14-15,22H2,1-2H3. The summed E-state index contributed by atoms with van der Waals surface area (Å²) in [5.74, 6) is 0. The summed E-state index contributed by atoms with van der Waals surface area (Å²) in [5, 5.41) is 9.14. The number of nitriles is 1. The van der Waals surface area contributed by atoms with Gasteiger partial charge in [0, 0.05) is 30.6 Å². The zero-order valence-electron chi connectivity index (χ0n) is 14.6. The van der Waals surface area contributed by atoms with Gasteiger partial charge in [0.2, 0.25) is 0 Å². The Morgan fingerprint density at radius 1 is 1.22 bits per heavy atom. The number of benzene rings is 1. The first-order valence-corrected chi connectivity index (χ1v) is 8.97. The lowest BCUT2D eigenvalue weighted by atomic mass is 9.76. The monoisotopic (exact) mass is 311 g/mol. The molecule has 1 aliphatic heterocycles. The fourth-order valence-corrected chi connectivity index (χ4v) is 4.40. The lowest BCUT2D eigenvalue weighted by Gasteiger charge is -2.42. The first-order valence-electron chi connectivity index (χ1n) is 8.97. The van der Waals surface area contributed by atoms with E-state index in [9.17, 15) is 0 Å². The normalized spacial score (nSPS) is 23.0. The number of hydrogen-bond donors (Lipinski definition) is 1. The molecule has 3 heteroatoms. The average Bonchev–Trinajstić information content (AvgIpc) is 2.53. The van der Waals surface area contributed by atoms with Gasteiger partial charge in [-0.3, -0.25) is 4.90 Å². The van der Waals surface area contributed by atoms with Crippen LogP contribution in [-0.4, -0.2) is 23.5 Å². The molecule has 1 fully saturated rings. The van der Waals surface area contributed by atoms with Crippen molar-refractivity contribution in [1.29, 1.82) is 5.26 Å². The summed E-state index contributed by atoms with van der Waals surface area (Å²) in [6.07, 6.45) is 7.42. The van der Waals surface area contributed by atoms with Crippen LogP contribution in [0.5, 0.6) is 0 Å². The Kier molecular flexibility index (Phi) is 4.49. The molecule has 0 radical (unpaired) electrons. The van der Waals surface area contributed by atoms with E-state index in [2.05, 4.69) is 36.9 Å². The molecule has 1 aromatic rings. The highest BCUT2D eigenvalue weighted by atomic mass is 15.1. The third kappa shape index (κ3) is 3.59. The Morgan fingerprint density at radius 3 is 2.65 bits per heavy atom. The molecular weight excluding hydrogens is 282 g/mol. The molecule has 1 heterocycles. The Morgan fingerprint density at radius 2 is 1.96 bits per heavy atom. The molecule has 0 unspecified atom stereocenters. The number of nitrogens with two attached hydrogens (primary N) is 1. The number of fused-ring (bicyclic) bond motifs is 1. The van der Waals surface area contributed by atoms with E-state index in [0.717, 1.165) is 31.6 Å². The van der Waals surface area contributed by atoms with Gasteiger partial charge in [0.15, 0.2) is 0 Å². The van der Waals surface area contributed by atoms with Crippen LogP contribution in [0.3, 0.4) is 0 Å².